The predicted molar refractivity (Wildman–Crippen MR) is 60.7 cm³/mol. The maximum atomic E-state index is 12.3. The summed E-state index contributed by atoms with van der Waals surface area (Å²) in [6, 6.07) is 1.42. The van der Waals surface area contributed by atoms with Crippen LogP contribution in [0.5, 0.6) is 0 Å². The minimum absolute atomic E-state index is 0.0101. The molecule has 2 aromatic heterocycles. The van der Waals surface area contributed by atoms with E-state index in [9.17, 15) is 18.0 Å². The van der Waals surface area contributed by atoms with Gasteiger partial charge >= 0.3 is 6.18 Å². The van der Waals surface area contributed by atoms with Crippen molar-refractivity contribution in [2.75, 3.05) is 0 Å². The molecule has 0 fully saturated rings. The Morgan fingerprint density at radius 3 is 2.32 bits per heavy atom. The summed E-state index contributed by atoms with van der Waals surface area (Å²) in [6.45, 7) is 0. The summed E-state index contributed by atoms with van der Waals surface area (Å²) in [4.78, 5) is 21.0. The van der Waals surface area contributed by atoms with Crippen LogP contribution in [-0.2, 0) is 6.18 Å². The Kier molecular flexibility index (Phi) is 3.48. The van der Waals surface area contributed by atoms with Gasteiger partial charge in [-0.15, -0.1) is 0 Å². The lowest BCUT2D eigenvalue weighted by Crippen LogP contribution is -2.10. The molecule has 0 amide bonds. The molecule has 0 aliphatic rings. The van der Waals surface area contributed by atoms with Gasteiger partial charge in [0.1, 0.15) is 5.69 Å². The Morgan fingerprint density at radius 2 is 1.79 bits per heavy atom. The van der Waals surface area contributed by atoms with E-state index in [1.54, 1.807) is 0 Å². The highest BCUT2D eigenvalue weighted by molar-refractivity contribution is 6.33. The summed E-state index contributed by atoms with van der Waals surface area (Å²) in [5.41, 5.74) is 0.400. The summed E-state index contributed by atoms with van der Waals surface area (Å²) < 4.78 is 37.0. The number of rotatable bonds is 2. The minimum Gasteiger partial charge on any atom is -0.296 e. The van der Waals surface area contributed by atoms with Gasteiger partial charge in [0.15, 0.2) is 6.29 Å². The molecule has 0 saturated heterocycles. The number of hydrogen-bond donors (Lipinski definition) is 0. The molecule has 0 aliphatic heterocycles. The van der Waals surface area contributed by atoms with E-state index >= 15 is 0 Å². The van der Waals surface area contributed by atoms with Crippen molar-refractivity contribution in [2.24, 2.45) is 0 Å². The van der Waals surface area contributed by atoms with Gasteiger partial charge in [-0.1, -0.05) is 11.6 Å². The van der Waals surface area contributed by atoms with Crippen LogP contribution in [0.4, 0.5) is 13.2 Å². The van der Waals surface area contributed by atoms with E-state index in [2.05, 4.69) is 15.0 Å². The summed E-state index contributed by atoms with van der Waals surface area (Å²) in [5.74, 6) is -1.26. The van der Waals surface area contributed by atoms with E-state index in [1.165, 1.54) is 12.3 Å². The lowest BCUT2D eigenvalue weighted by Gasteiger charge is -2.08. The summed E-state index contributed by atoms with van der Waals surface area (Å²) >= 11 is 5.90. The average Bonchev–Trinajstić information content (AvgIpc) is 2.37. The van der Waals surface area contributed by atoms with Gasteiger partial charge in [-0.3, -0.25) is 9.78 Å². The Hall–Kier alpha value is -2.02. The van der Waals surface area contributed by atoms with Crippen LogP contribution in [0.25, 0.3) is 11.1 Å². The fourth-order valence-electron chi connectivity index (χ4n) is 1.43. The first-order chi connectivity index (χ1) is 8.93. The maximum absolute atomic E-state index is 12.3. The lowest BCUT2D eigenvalue weighted by atomic mass is 10.1. The van der Waals surface area contributed by atoms with Crippen LogP contribution in [0.2, 0.25) is 5.02 Å². The molecule has 0 spiro atoms. The van der Waals surface area contributed by atoms with E-state index < -0.39 is 12.0 Å². The van der Waals surface area contributed by atoms with Gasteiger partial charge in [0, 0.05) is 29.7 Å². The van der Waals surface area contributed by atoms with E-state index in [0.29, 0.717) is 6.29 Å². The number of hydrogen-bond acceptors (Lipinski definition) is 4. The zero-order chi connectivity index (χ0) is 14.0. The van der Waals surface area contributed by atoms with E-state index in [4.69, 9.17) is 11.6 Å². The smallest absolute Gasteiger partial charge is 0.296 e. The summed E-state index contributed by atoms with van der Waals surface area (Å²) in [5, 5.41) is 0.181. The van der Waals surface area contributed by atoms with Crippen LogP contribution in [0.3, 0.4) is 0 Å². The van der Waals surface area contributed by atoms with Crippen LogP contribution in [0.1, 0.15) is 16.3 Å². The van der Waals surface area contributed by atoms with Gasteiger partial charge in [0.25, 0.3) is 0 Å². The van der Waals surface area contributed by atoms with Crippen molar-refractivity contribution in [2.45, 2.75) is 6.18 Å². The van der Waals surface area contributed by atoms with Crippen molar-refractivity contribution in [1.29, 1.82) is 0 Å². The second-order valence-corrected chi connectivity index (χ2v) is 3.87. The van der Waals surface area contributed by atoms with Crippen LogP contribution in [0.15, 0.2) is 24.7 Å². The molecule has 0 unspecified atom stereocenters. The van der Waals surface area contributed by atoms with E-state index in [-0.39, 0.29) is 21.8 Å². The third-order valence-electron chi connectivity index (χ3n) is 2.24. The van der Waals surface area contributed by atoms with Crippen LogP contribution in [-0.4, -0.2) is 21.2 Å². The standard InChI is InChI=1S/C11H5ClF3N3O/c12-7-1-2-16-8(5-19)9(7)6-3-17-10(18-4-6)11(13,14)15/h1-5H. The van der Waals surface area contributed by atoms with Gasteiger partial charge in [-0.05, 0) is 6.07 Å². The molecule has 0 atom stereocenters. The highest BCUT2D eigenvalue weighted by Crippen LogP contribution is 2.30. The largest absolute Gasteiger partial charge is 0.451 e. The molecular weight excluding hydrogens is 283 g/mol. The Labute approximate surface area is 110 Å². The van der Waals surface area contributed by atoms with E-state index in [0.717, 1.165) is 12.4 Å². The molecule has 0 bridgehead atoms. The molecule has 0 radical (unpaired) electrons. The topological polar surface area (TPSA) is 55.7 Å². The van der Waals surface area contributed by atoms with Crippen molar-refractivity contribution >= 4 is 17.9 Å². The van der Waals surface area contributed by atoms with Gasteiger partial charge in [-0.2, -0.15) is 13.2 Å². The van der Waals surface area contributed by atoms with Gasteiger partial charge in [0.2, 0.25) is 5.82 Å². The molecule has 0 aromatic carbocycles. The molecule has 2 rings (SSSR count). The average molecular weight is 288 g/mol. The normalized spacial score (nSPS) is 11.4. The number of alkyl halides is 3. The Morgan fingerprint density at radius 1 is 1.16 bits per heavy atom. The number of pyridine rings is 1. The van der Waals surface area contributed by atoms with Crippen LogP contribution in [0, 0.1) is 0 Å². The number of aromatic nitrogens is 3. The van der Waals surface area contributed by atoms with Crippen LogP contribution >= 0.6 is 11.6 Å². The van der Waals surface area contributed by atoms with Crippen molar-refractivity contribution in [1.82, 2.24) is 15.0 Å². The number of nitrogens with zero attached hydrogens (tertiary/aromatic N) is 3. The summed E-state index contributed by atoms with van der Waals surface area (Å²) in [6.07, 6.45) is -0.943. The molecule has 0 aliphatic carbocycles. The third kappa shape index (κ3) is 2.70. The highest BCUT2D eigenvalue weighted by atomic mass is 35.5. The van der Waals surface area contributed by atoms with Gasteiger partial charge in [0.05, 0.1) is 5.02 Å². The molecule has 2 aromatic rings. The van der Waals surface area contributed by atoms with Gasteiger partial charge < -0.3 is 0 Å². The molecular formula is C11H5ClF3N3O. The first kappa shape index (κ1) is 13.4. The number of halogens is 4. The van der Waals surface area contributed by atoms with Crippen molar-refractivity contribution in [3.8, 4) is 11.1 Å². The Balaban J connectivity index is 2.52. The highest BCUT2D eigenvalue weighted by Gasteiger charge is 2.34. The minimum atomic E-state index is -4.62. The zero-order valence-corrected chi connectivity index (χ0v) is 9.90. The first-order valence-corrected chi connectivity index (χ1v) is 5.30. The Bertz CT molecular complexity index is 614. The second kappa shape index (κ2) is 4.93. The van der Waals surface area contributed by atoms with Gasteiger partial charge in [-0.25, -0.2) is 9.97 Å². The monoisotopic (exact) mass is 287 g/mol. The molecule has 19 heavy (non-hydrogen) atoms. The van der Waals surface area contributed by atoms with E-state index in [1.807, 2.05) is 0 Å². The molecule has 2 heterocycles. The molecule has 98 valence electrons. The quantitative estimate of drug-likeness (QED) is 0.797. The molecule has 4 nitrogen and oxygen atoms in total. The molecule has 8 heteroatoms. The van der Waals surface area contributed by atoms with Crippen molar-refractivity contribution < 1.29 is 18.0 Å². The van der Waals surface area contributed by atoms with Crippen LogP contribution < -0.4 is 0 Å². The fraction of sp³-hybridized carbons (Fsp3) is 0.0909. The van der Waals surface area contributed by atoms with Crippen molar-refractivity contribution in [3.63, 3.8) is 0 Å². The second-order valence-electron chi connectivity index (χ2n) is 3.46. The number of carbonyl (C=O) groups excluding carboxylic acids is 1. The molecule has 0 saturated carbocycles. The number of carbonyl (C=O) groups is 1. The maximum Gasteiger partial charge on any atom is 0.451 e. The first-order valence-electron chi connectivity index (χ1n) is 4.93. The fourth-order valence-corrected chi connectivity index (χ4v) is 1.69. The lowest BCUT2D eigenvalue weighted by molar-refractivity contribution is -0.144. The molecule has 0 N–H and O–H groups in total. The SMILES string of the molecule is O=Cc1nccc(Cl)c1-c1cnc(C(F)(F)F)nc1. The number of aldehydes is 1. The third-order valence-corrected chi connectivity index (χ3v) is 2.55. The summed E-state index contributed by atoms with van der Waals surface area (Å²) in [7, 11) is 0. The predicted octanol–water partition coefficient (Wildman–Crippen LogP) is 3.02. The zero-order valence-electron chi connectivity index (χ0n) is 9.15. The van der Waals surface area contributed by atoms with Crippen molar-refractivity contribution in [3.05, 3.63) is 41.2 Å².